The highest BCUT2D eigenvalue weighted by atomic mass is 16.5. The second-order valence-electron chi connectivity index (χ2n) is 8.50. The van der Waals surface area contributed by atoms with Crippen molar-refractivity contribution in [2.75, 3.05) is 25.1 Å². The number of aromatic nitrogens is 2. The molecule has 3 aromatic rings. The van der Waals surface area contributed by atoms with E-state index in [1.165, 1.54) is 0 Å². The van der Waals surface area contributed by atoms with Crippen LogP contribution < -0.4 is 10.1 Å². The molecule has 2 aliphatic rings. The number of H-pyrrole nitrogens is 1. The van der Waals surface area contributed by atoms with Crippen LogP contribution in [0, 0.1) is 12.8 Å². The standard InChI is InChI=1S/C26H25N3O6/c1-15-11-18(33-10-9-30)6-7-20(15)29-25-22(26(32)34-14-16-4-5-16)23(31)21(35-25)12-17-13-28-24-19(17)3-2-8-27-24/h2-3,6-8,11-13,16,29-30H,4-5,9-10,14H2,1H3,(H,27,28). The first-order chi connectivity index (χ1) is 17.0. The van der Waals surface area contributed by atoms with Crippen LogP contribution >= 0.6 is 0 Å². The molecular weight excluding hydrogens is 450 g/mol. The lowest BCUT2D eigenvalue weighted by Gasteiger charge is -2.13. The molecule has 180 valence electrons. The van der Waals surface area contributed by atoms with Gasteiger partial charge >= 0.3 is 5.97 Å². The van der Waals surface area contributed by atoms with E-state index in [9.17, 15) is 9.59 Å². The third-order valence-corrected chi connectivity index (χ3v) is 5.82. The number of Topliss-reactive ketones (excluding diaryl/α,β-unsaturated/α-hetero) is 1. The number of pyridine rings is 1. The molecule has 1 aliphatic heterocycles. The Morgan fingerprint density at radius 3 is 2.97 bits per heavy atom. The van der Waals surface area contributed by atoms with Gasteiger partial charge in [0, 0.05) is 29.0 Å². The fourth-order valence-corrected chi connectivity index (χ4v) is 3.74. The van der Waals surface area contributed by atoms with Crippen molar-refractivity contribution in [1.29, 1.82) is 0 Å². The molecule has 0 unspecified atom stereocenters. The summed E-state index contributed by atoms with van der Waals surface area (Å²) in [6, 6.07) is 8.95. The molecule has 0 amide bonds. The highest BCUT2D eigenvalue weighted by Gasteiger charge is 2.38. The molecule has 0 bridgehead atoms. The summed E-state index contributed by atoms with van der Waals surface area (Å²) in [4.78, 5) is 33.5. The van der Waals surface area contributed by atoms with Crippen molar-refractivity contribution < 1.29 is 28.9 Å². The molecule has 1 aliphatic carbocycles. The summed E-state index contributed by atoms with van der Waals surface area (Å²) in [5, 5.41) is 12.9. The predicted octanol–water partition coefficient (Wildman–Crippen LogP) is 3.46. The molecule has 0 saturated heterocycles. The first kappa shape index (κ1) is 22.7. The minimum absolute atomic E-state index is 0.0103. The van der Waals surface area contributed by atoms with Crippen LogP contribution in [0.5, 0.6) is 5.75 Å². The summed E-state index contributed by atoms with van der Waals surface area (Å²) in [5.74, 6) is -0.280. The maximum atomic E-state index is 13.3. The van der Waals surface area contributed by atoms with E-state index in [-0.39, 0.29) is 37.0 Å². The van der Waals surface area contributed by atoms with Gasteiger partial charge in [-0.3, -0.25) is 4.79 Å². The SMILES string of the molecule is Cc1cc(OCCO)ccc1NC1=C(C(=O)OCC2CC2)C(=O)C(=Cc2c[nH]c3ncccc23)O1. The molecule has 3 N–H and O–H groups in total. The Morgan fingerprint density at radius 1 is 1.34 bits per heavy atom. The molecule has 9 heteroatoms. The lowest BCUT2D eigenvalue weighted by molar-refractivity contribution is -0.140. The van der Waals surface area contributed by atoms with Gasteiger partial charge < -0.3 is 29.6 Å². The number of aryl methyl sites for hydroxylation is 1. The number of nitrogens with zero attached hydrogens (tertiary/aromatic N) is 1. The number of esters is 1. The summed E-state index contributed by atoms with van der Waals surface area (Å²) in [7, 11) is 0. The highest BCUT2D eigenvalue weighted by Crippen LogP contribution is 2.33. The highest BCUT2D eigenvalue weighted by molar-refractivity contribution is 6.26. The summed E-state index contributed by atoms with van der Waals surface area (Å²) in [5.41, 5.74) is 2.66. The van der Waals surface area contributed by atoms with Crippen LogP contribution in [-0.2, 0) is 19.1 Å². The monoisotopic (exact) mass is 475 g/mol. The number of ether oxygens (including phenoxy) is 3. The zero-order valence-corrected chi connectivity index (χ0v) is 19.2. The molecule has 1 fully saturated rings. The van der Waals surface area contributed by atoms with Gasteiger partial charge in [-0.1, -0.05) is 0 Å². The maximum absolute atomic E-state index is 13.3. The molecule has 1 saturated carbocycles. The predicted molar refractivity (Wildman–Crippen MR) is 128 cm³/mol. The number of hydrogen-bond acceptors (Lipinski definition) is 8. The molecule has 3 heterocycles. The van der Waals surface area contributed by atoms with E-state index in [0.29, 0.717) is 28.6 Å². The van der Waals surface area contributed by atoms with Crippen LogP contribution in [0.1, 0.15) is 24.0 Å². The minimum Gasteiger partial charge on any atom is -0.491 e. The van der Waals surface area contributed by atoms with Crippen LogP contribution in [-0.4, -0.2) is 46.6 Å². The largest absolute Gasteiger partial charge is 0.491 e. The third-order valence-electron chi connectivity index (χ3n) is 5.82. The van der Waals surface area contributed by atoms with Gasteiger partial charge in [0.25, 0.3) is 0 Å². The Morgan fingerprint density at radius 2 is 2.20 bits per heavy atom. The zero-order chi connectivity index (χ0) is 24.4. The second kappa shape index (κ2) is 9.63. The van der Waals surface area contributed by atoms with Crippen LogP contribution in [0.2, 0.25) is 0 Å². The maximum Gasteiger partial charge on any atom is 0.347 e. The van der Waals surface area contributed by atoms with E-state index in [1.54, 1.807) is 42.7 Å². The zero-order valence-electron chi connectivity index (χ0n) is 19.2. The van der Waals surface area contributed by atoms with Crippen molar-refractivity contribution >= 4 is 34.5 Å². The number of anilines is 1. The fraction of sp³-hybridized carbons (Fsp3) is 0.269. The van der Waals surface area contributed by atoms with Crippen molar-refractivity contribution in [2.45, 2.75) is 19.8 Å². The van der Waals surface area contributed by atoms with Crippen LogP contribution in [0.15, 0.2) is 59.9 Å². The first-order valence-electron chi connectivity index (χ1n) is 11.4. The summed E-state index contributed by atoms with van der Waals surface area (Å²) >= 11 is 0. The first-order valence-corrected chi connectivity index (χ1v) is 11.4. The van der Waals surface area contributed by atoms with Gasteiger partial charge in [-0.25, -0.2) is 9.78 Å². The molecular formula is C26H25N3O6. The Balaban J connectivity index is 1.44. The number of carbonyl (C=O) groups is 2. The molecule has 2 aromatic heterocycles. The van der Waals surface area contributed by atoms with Crippen molar-refractivity contribution in [3.63, 3.8) is 0 Å². The Kier molecular flexibility index (Phi) is 6.24. The van der Waals surface area contributed by atoms with E-state index < -0.39 is 11.8 Å². The average molecular weight is 476 g/mol. The van der Waals surface area contributed by atoms with Gasteiger partial charge in [-0.2, -0.15) is 0 Å². The molecule has 0 radical (unpaired) electrons. The lowest BCUT2D eigenvalue weighted by atomic mass is 10.1. The van der Waals surface area contributed by atoms with Crippen molar-refractivity contribution in [3.8, 4) is 5.75 Å². The Hall–Kier alpha value is -4.11. The number of aromatic amines is 1. The number of rotatable bonds is 9. The van der Waals surface area contributed by atoms with Crippen LogP contribution in [0.25, 0.3) is 17.1 Å². The van der Waals surface area contributed by atoms with E-state index in [4.69, 9.17) is 19.3 Å². The summed E-state index contributed by atoms with van der Waals surface area (Å²) in [6.07, 6.45) is 7.03. The molecule has 35 heavy (non-hydrogen) atoms. The molecule has 9 nitrogen and oxygen atoms in total. The molecule has 1 aromatic carbocycles. The number of ketones is 1. The number of nitrogens with one attached hydrogen (secondary N) is 2. The van der Waals surface area contributed by atoms with E-state index in [0.717, 1.165) is 23.8 Å². The van der Waals surface area contributed by atoms with Gasteiger partial charge in [0.15, 0.2) is 11.3 Å². The number of hydrogen-bond donors (Lipinski definition) is 3. The van der Waals surface area contributed by atoms with Gasteiger partial charge in [0.2, 0.25) is 11.7 Å². The van der Waals surface area contributed by atoms with Gasteiger partial charge in [0.1, 0.15) is 18.0 Å². The smallest absolute Gasteiger partial charge is 0.347 e. The van der Waals surface area contributed by atoms with E-state index in [2.05, 4.69) is 15.3 Å². The van der Waals surface area contributed by atoms with Gasteiger partial charge in [-0.05, 0) is 67.7 Å². The topological polar surface area (TPSA) is 123 Å². The Labute approximate surface area is 201 Å². The molecule has 5 rings (SSSR count). The van der Waals surface area contributed by atoms with Gasteiger partial charge in [-0.15, -0.1) is 0 Å². The number of carbonyl (C=O) groups excluding carboxylic acids is 2. The lowest BCUT2D eigenvalue weighted by Crippen LogP contribution is -2.17. The normalized spacial score (nSPS) is 16.6. The van der Waals surface area contributed by atoms with Crippen LogP contribution in [0.4, 0.5) is 5.69 Å². The minimum atomic E-state index is -0.714. The average Bonchev–Trinajstić information content (AvgIpc) is 3.53. The number of allylic oxidation sites excluding steroid dienone is 1. The third kappa shape index (κ3) is 4.90. The van der Waals surface area contributed by atoms with Crippen LogP contribution in [0.3, 0.4) is 0 Å². The molecule has 0 spiro atoms. The quantitative estimate of drug-likeness (QED) is 0.244. The summed E-state index contributed by atoms with van der Waals surface area (Å²) in [6.45, 7) is 2.23. The van der Waals surface area contributed by atoms with E-state index >= 15 is 0 Å². The number of aliphatic hydroxyl groups excluding tert-OH is 1. The van der Waals surface area contributed by atoms with E-state index in [1.807, 2.05) is 13.0 Å². The van der Waals surface area contributed by atoms with Gasteiger partial charge in [0.05, 0.1) is 13.2 Å². The van der Waals surface area contributed by atoms with Crippen molar-refractivity contribution in [3.05, 3.63) is 71.1 Å². The molecule has 0 atom stereocenters. The number of benzene rings is 1. The Bertz CT molecular complexity index is 1350. The van der Waals surface area contributed by atoms with Crippen molar-refractivity contribution in [1.82, 2.24) is 9.97 Å². The number of fused-ring (bicyclic) bond motifs is 1. The van der Waals surface area contributed by atoms with Crippen molar-refractivity contribution in [2.24, 2.45) is 5.92 Å². The summed E-state index contributed by atoms with van der Waals surface area (Å²) < 4.78 is 16.7. The fourth-order valence-electron chi connectivity index (χ4n) is 3.74. The number of aliphatic hydroxyl groups is 1. The second-order valence-corrected chi connectivity index (χ2v) is 8.50.